The molecule has 1 N–H and O–H groups in total. The van der Waals surface area contributed by atoms with Crippen LogP contribution >= 0.6 is 0 Å². The summed E-state index contributed by atoms with van der Waals surface area (Å²) >= 11 is 0. The van der Waals surface area contributed by atoms with Crippen molar-refractivity contribution >= 4 is 12.0 Å². The van der Waals surface area contributed by atoms with Gasteiger partial charge in [0, 0.05) is 19.7 Å². The van der Waals surface area contributed by atoms with E-state index in [-0.39, 0.29) is 12.0 Å². The van der Waals surface area contributed by atoms with Crippen LogP contribution in [0, 0.1) is 0 Å². The van der Waals surface area contributed by atoms with Crippen molar-refractivity contribution in [1.29, 1.82) is 0 Å². The van der Waals surface area contributed by atoms with Gasteiger partial charge in [-0.1, -0.05) is 6.08 Å². The summed E-state index contributed by atoms with van der Waals surface area (Å²) in [6.07, 6.45) is 2.71. The smallest absolute Gasteiger partial charge is 0.410 e. The van der Waals surface area contributed by atoms with Gasteiger partial charge < -0.3 is 15.0 Å². The number of amides is 2. The molecule has 0 radical (unpaired) electrons. The summed E-state index contributed by atoms with van der Waals surface area (Å²) in [5.41, 5.74) is 0. The number of carbonyl (C=O) groups excluding carboxylic acids is 2. The van der Waals surface area contributed by atoms with E-state index in [0.717, 1.165) is 0 Å². The van der Waals surface area contributed by atoms with Crippen molar-refractivity contribution in [3.63, 3.8) is 0 Å². The molecule has 2 amide bonds. The molecule has 5 nitrogen and oxygen atoms in total. The molecule has 1 aliphatic heterocycles. The van der Waals surface area contributed by atoms with Crippen LogP contribution < -0.4 is 5.32 Å². The topological polar surface area (TPSA) is 58.6 Å². The lowest BCUT2D eigenvalue weighted by Gasteiger charge is -2.07. The molecular weight excluding hydrogens is 172 g/mol. The van der Waals surface area contributed by atoms with Crippen LogP contribution in [0.2, 0.25) is 0 Å². The Balaban J connectivity index is 2.29. The lowest BCUT2D eigenvalue weighted by molar-refractivity contribution is -0.116. The number of hydrogen-bond acceptors (Lipinski definition) is 3. The molecule has 0 aromatic rings. The molecule has 0 aromatic heterocycles. The summed E-state index contributed by atoms with van der Waals surface area (Å²) in [4.78, 5) is 23.2. The van der Waals surface area contributed by atoms with Gasteiger partial charge in [0.1, 0.15) is 6.61 Å². The highest BCUT2D eigenvalue weighted by Gasteiger charge is 2.19. The van der Waals surface area contributed by atoms with Crippen LogP contribution in [0.25, 0.3) is 0 Å². The summed E-state index contributed by atoms with van der Waals surface area (Å²) in [5, 5.41) is 2.44. The van der Waals surface area contributed by atoms with Crippen LogP contribution in [0.15, 0.2) is 12.2 Å². The van der Waals surface area contributed by atoms with Crippen LogP contribution in [0.5, 0.6) is 0 Å². The highest BCUT2D eigenvalue weighted by Crippen LogP contribution is 2.01. The predicted molar refractivity (Wildman–Crippen MR) is 46.1 cm³/mol. The highest BCUT2D eigenvalue weighted by molar-refractivity contribution is 5.87. The molecule has 1 aliphatic rings. The van der Waals surface area contributed by atoms with Crippen molar-refractivity contribution in [2.75, 3.05) is 26.7 Å². The van der Waals surface area contributed by atoms with Gasteiger partial charge in [-0.3, -0.25) is 4.79 Å². The second-order valence-corrected chi connectivity index (χ2v) is 2.58. The molecule has 0 spiro atoms. The Morgan fingerprint density at radius 2 is 2.54 bits per heavy atom. The average Bonchev–Trinajstić information content (AvgIpc) is 2.52. The zero-order valence-electron chi connectivity index (χ0n) is 7.45. The van der Waals surface area contributed by atoms with E-state index < -0.39 is 0 Å². The molecular formula is C8H12N2O3. The van der Waals surface area contributed by atoms with Crippen LogP contribution in [0.3, 0.4) is 0 Å². The van der Waals surface area contributed by atoms with Crippen LogP contribution in [-0.2, 0) is 9.53 Å². The van der Waals surface area contributed by atoms with E-state index in [4.69, 9.17) is 4.74 Å². The molecule has 1 rings (SSSR count). The Bertz CT molecular complexity index is 238. The molecule has 0 atom stereocenters. The van der Waals surface area contributed by atoms with Crippen LogP contribution in [0.1, 0.15) is 0 Å². The maximum absolute atomic E-state index is 10.9. The Morgan fingerprint density at radius 3 is 3.08 bits per heavy atom. The van der Waals surface area contributed by atoms with Crippen molar-refractivity contribution in [1.82, 2.24) is 10.2 Å². The van der Waals surface area contributed by atoms with E-state index in [1.54, 1.807) is 13.1 Å². The molecule has 0 unspecified atom stereocenters. The summed E-state index contributed by atoms with van der Waals surface area (Å²) in [5.74, 6) is -0.174. The summed E-state index contributed by atoms with van der Waals surface area (Å²) in [7, 11) is 1.55. The minimum atomic E-state index is -0.318. The first-order valence-corrected chi connectivity index (χ1v) is 4.04. The fourth-order valence-corrected chi connectivity index (χ4v) is 0.962. The molecule has 13 heavy (non-hydrogen) atoms. The minimum absolute atomic E-state index is 0.174. The van der Waals surface area contributed by atoms with Gasteiger partial charge in [0.25, 0.3) is 0 Å². The normalized spacial score (nSPS) is 16.4. The number of hydrogen-bond donors (Lipinski definition) is 1. The lowest BCUT2D eigenvalue weighted by atomic mass is 10.4. The van der Waals surface area contributed by atoms with Gasteiger partial charge in [0.05, 0.1) is 6.54 Å². The second kappa shape index (κ2) is 4.49. The third-order valence-electron chi connectivity index (χ3n) is 1.69. The first kappa shape index (κ1) is 9.57. The van der Waals surface area contributed by atoms with Crippen molar-refractivity contribution in [3.8, 4) is 0 Å². The van der Waals surface area contributed by atoms with Gasteiger partial charge >= 0.3 is 6.09 Å². The maximum Gasteiger partial charge on any atom is 0.410 e. The lowest BCUT2D eigenvalue weighted by Crippen LogP contribution is -2.24. The van der Waals surface area contributed by atoms with E-state index in [2.05, 4.69) is 5.32 Å². The number of likely N-dealkylation sites (N-methyl/N-ethyl adjacent to an activating group) is 1. The monoisotopic (exact) mass is 184 g/mol. The first-order chi connectivity index (χ1) is 6.24. The largest absolute Gasteiger partial charge is 0.448 e. The van der Waals surface area contributed by atoms with Crippen molar-refractivity contribution in [2.45, 2.75) is 0 Å². The quantitative estimate of drug-likeness (QED) is 0.615. The van der Waals surface area contributed by atoms with Gasteiger partial charge in [0.15, 0.2) is 0 Å². The third kappa shape index (κ3) is 2.77. The van der Waals surface area contributed by atoms with Gasteiger partial charge in [-0.15, -0.1) is 0 Å². The molecule has 1 heterocycles. The molecule has 0 aromatic carbocycles. The second-order valence-electron chi connectivity index (χ2n) is 2.58. The van der Waals surface area contributed by atoms with E-state index in [9.17, 15) is 9.59 Å². The fourth-order valence-electron chi connectivity index (χ4n) is 0.962. The number of nitrogens with zero attached hydrogens (tertiary/aromatic N) is 1. The van der Waals surface area contributed by atoms with E-state index in [1.165, 1.54) is 11.0 Å². The predicted octanol–water partition coefficient (Wildman–Crippen LogP) is -0.259. The zero-order valence-corrected chi connectivity index (χ0v) is 7.45. The summed E-state index contributed by atoms with van der Waals surface area (Å²) in [6.45, 7) is 1.45. The first-order valence-electron chi connectivity index (χ1n) is 4.04. The van der Waals surface area contributed by atoms with E-state index in [0.29, 0.717) is 19.7 Å². The third-order valence-corrected chi connectivity index (χ3v) is 1.69. The number of nitrogens with one attached hydrogen (secondary N) is 1. The molecule has 0 saturated carbocycles. The van der Waals surface area contributed by atoms with Crippen molar-refractivity contribution in [2.24, 2.45) is 0 Å². The molecule has 0 bridgehead atoms. The molecule has 1 fully saturated rings. The van der Waals surface area contributed by atoms with E-state index >= 15 is 0 Å². The Morgan fingerprint density at radius 1 is 1.77 bits per heavy atom. The standard InChI is InChI=1S/C8H12N2O3/c1-9-7(11)3-2-4-10-5-6-13-8(10)12/h2-3H,4-6H2,1H3,(H,9,11)/b3-2+. The average molecular weight is 184 g/mol. The highest BCUT2D eigenvalue weighted by atomic mass is 16.6. The zero-order chi connectivity index (χ0) is 9.68. The van der Waals surface area contributed by atoms with Gasteiger partial charge in [-0.25, -0.2) is 4.79 Å². The van der Waals surface area contributed by atoms with Crippen molar-refractivity contribution < 1.29 is 14.3 Å². The van der Waals surface area contributed by atoms with Gasteiger partial charge in [0.2, 0.25) is 5.91 Å². The molecule has 5 heteroatoms. The van der Waals surface area contributed by atoms with E-state index in [1.807, 2.05) is 0 Å². The number of carbonyl (C=O) groups is 2. The molecule has 0 aliphatic carbocycles. The molecule has 72 valence electrons. The number of cyclic esters (lactones) is 1. The van der Waals surface area contributed by atoms with Crippen LogP contribution in [0.4, 0.5) is 4.79 Å². The Hall–Kier alpha value is -1.52. The SMILES string of the molecule is CNC(=O)/C=C/CN1CCOC1=O. The Labute approximate surface area is 76.3 Å². The summed E-state index contributed by atoms with van der Waals surface area (Å²) in [6, 6.07) is 0. The van der Waals surface area contributed by atoms with Gasteiger partial charge in [-0.05, 0) is 0 Å². The molecule has 1 saturated heterocycles. The van der Waals surface area contributed by atoms with Crippen LogP contribution in [-0.4, -0.2) is 43.6 Å². The number of rotatable bonds is 3. The summed E-state index contributed by atoms with van der Waals surface area (Å²) < 4.78 is 4.70. The Kier molecular flexibility index (Phi) is 3.31. The van der Waals surface area contributed by atoms with Crippen molar-refractivity contribution in [3.05, 3.63) is 12.2 Å². The van der Waals surface area contributed by atoms with Gasteiger partial charge in [-0.2, -0.15) is 0 Å². The minimum Gasteiger partial charge on any atom is -0.448 e. The fraction of sp³-hybridized carbons (Fsp3) is 0.500. The maximum atomic E-state index is 10.9. The number of ether oxygens (including phenoxy) is 1.